The molecule has 0 heterocycles. The zero-order chi connectivity index (χ0) is 7.49. The maximum Gasteiger partial charge on any atom is 0.195 e. The molecule has 0 aromatic rings. The lowest BCUT2D eigenvalue weighted by Gasteiger charge is -2.19. The van der Waals surface area contributed by atoms with Gasteiger partial charge in [0, 0.05) is 18.3 Å². The van der Waals surface area contributed by atoms with Crippen LogP contribution in [0.15, 0.2) is 0 Å². The standard InChI is InChI=1S/C4H7Cl4N/c5-1-3(2-9)4(6,7)8/h3H,1-2,9H2. The summed E-state index contributed by atoms with van der Waals surface area (Å²) < 4.78 is -1.32. The van der Waals surface area contributed by atoms with Crippen LogP contribution in [0.5, 0.6) is 0 Å². The van der Waals surface area contributed by atoms with Crippen molar-refractivity contribution < 1.29 is 0 Å². The van der Waals surface area contributed by atoms with Gasteiger partial charge in [-0.25, -0.2) is 0 Å². The summed E-state index contributed by atoms with van der Waals surface area (Å²) in [6.45, 7) is 0.292. The number of alkyl halides is 4. The van der Waals surface area contributed by atoms with E-state index in [1.165, 1.54) is 0 Å². The van der Waals surface area contributed by atoms with Gasteiger partial charge in [-0.15, -0.1) is 11.6 Å². The summed E-state index contributed by atoms with van der Waals surface area (Å²) in [5, 5.41) is 0. The van der Waals surface area contributed by atoms with Gasteiger partial charge in [0.2, 0.25) is 0 Å². The fourth-order valence-electron chi connectivity index (χ4n) is 0.284. The zero-order valence-electron chi connectivity index (χ0n) is 4.58. The van der Waals surface area contributed by atoms with Gasteiger partial charge in [-0.1, -0.05) is 34.8 Å². The van der Waals surface area contributed by atoms with Crippen LogP contribution in [0.25, 0.3) is 0 Å². The molecule has 0 aromatic heterocycles. The van der Waals surface area contributed by atoms with Crippen LogP contribution >= 0.6 is 46.4 Å². The second-order valence-corrected chi connectivity index (χ2v) is 4.31. The molecule has 5 heteroatoms. The Kier molecular flexibility index (Phi) is 4.60. The molecule has 0 bridgehead atoms. The lowest BCUT2D eigenvalue weighted by Crippen LogP contribution is -2.28. The van der Waals surface area contributed by atoms with Crippen LogP contribution in [0.4, 0.5) is 0 Å². The summed E-state index contributed by atoms with van der Waals surface area (Å²) in [5.74, 6) is 0.0108. The smallest absolute Gasteiger partial charge is 0.195 e. The van der Waals surface area contributed by atoms with Crippen molar-refractivity contribution in [1.82, 2.24) is 0 Å². The Labute approximate surface area is 74.4 Å². The van der Waals surface area contributed by atoms with Gasteiger partial charge < -0.3 is 5.73 Å². The van der Waals surface area contributed by atoms with E-state index in [-0.39, 0.29) is 11.8 Å². The molecule has 56 valence electrons. The van der Waals surface area contributed by atoms with Crippen molar-refractivity contribution in [3.8, 4) is 0 Å². The van der Waals surface area contributed by atoms with Crippen molar-refractivity contribution in [3.63, 3.8) is 0 Å². The van der Waals surface area contributed by atoms with Gasteiger partial charge >= 0.3 is 0 Å². The molecule has 1 atom stereocenters. The zero-order valence-corrected chi connectivity index (χ0v) is 7.60. The minimum atomic E-state index is -1.32. The molecule has 0 saturated heterocycles. The molecule has 0 rings (SSSR count). The van der Waals surface area contributed by atoms with Gasteiger partial charge in [0.05, 0.1) is 0 Å². The molecule has 9 heavy (non-hydrogen) atoms. The highest BCUT2D eigenvalue weighted by molar-refractivity contribution is 6.67. The quantitative estimate of drug-likeness (QED) is 0.695. The van der Waals surface area contributed by atoms with Crippen LogP contribution in [-0.2, 0) is 0 Å². The molecule has 0 aliphatic heterocycles. The van der Waals surface area contributed by atoms with Crippen LogP contribution in [0.2, 0.25) is 0 Å². The molecule has 1 nitrogen and oxygen atoms in total. The van der Waals surface area contributed by atoms with E-state index in [1.54, 1.807) is 0 Å². The van der Waals surface area contributed by atoms with E-state index in [4.69, 9.17) is 52.1 Å². The Bertz CT molecular complexity index is 75.1. The maximum absolute atomic E-state index is 5.47. The summed E-state index contributed by atoms with van der Waals surface area (Å²) in [5.41, 5.74) is 5.23. The van der Waals surface area contributed by atoms with Gasteiger partial charge in [0.15, 0.2) is 3.79 Å². The van der Waals surface area contributed by atoms with E-state index in [0.29, 0.717) is 6.54 Å². The summed E-state index contributed by atoms with van der Waals surface area (Å²) in [7, 11) is 0. The Morgan fingerprint density at radius 3 is 1.78 bits per heavy atom. The molecule has 0 aliphatic carbocycles. The summed E-state index contributed by atoms with van der Waals surface area (Å²) in [6, 6.07) is 0. The van der Waals surface area contributed by atoms with Crippen LogP contribution in [0.1, 0.15) is 0 Å². The molecule has 0 aromatic carbocycles. The molecule has 0 spiro atoms. The molecule has 2 N–H and O–H groups in total. The fraction of sp³-hybridized carbons (Fsp3) is 1.00. The Balaban J connectivity index is 3.79. The van der Waals surface area contributed by atoms with Gasteiger partial charge in [-0.2, -0.15) is 0 Å². The number of hydrogen-bond acceptors (Lipinski definition) is 1. The van der Waals surface area contributed by atoms with Crippen molar-refractivity contribution >= 4 is 46.4 Å². The Morgan fingerprint density at radius 2 is 1.78 bits per heavy atom. The van der Waals surface area contributed by atoms with Crippen LogP contribution < -0.4 is 5.73 Å². The number of rotatable bonds is 2. The molecule has 0 fully saturated rings. The number of nitrogens with two attached hydrogens (primary N) is 1. The topological polar surface area (TPSA) is 26.0 Å². The van der Waals surface area contributed by atoms with Gasteiger partial charge in [0.25, 0.3) is 0 Å². The van der Waals surface area contributed by atoms with Crippen LogP contribution in [-0.4, -0.2) is 16.2 Å². The van der Waals surface area contributed by atoms with Crippen molar-refractivity contribution in [1.29, 1.82) is 0 Å². The van der Waals surface area contributed by atoms with Crippen molar-refractivity contribution in [3.05, 3.63) is 0 Å². The number of halogens is 4. The third-order valence-corrected chi connectivity index (χ3v) is 2.23. The van der Waals surface area contributed by atoms with Crippen molar-refractivity contribution in [2.24, 2.45) is 11.7 Å². The fourth-order valence-corrected chi connectivity index (χ4v) is 1.38. The normalized spacial score (nSPS) is 15.7. The van der Waals surface area contributed by atoms with E-state index >= 15 is 0 Å². The molecular formula is C4H7Cl4N. The largest absolute Gasteiger partial charge is 0.330 e. The van der Waals surface area contributed by atoms with Gasteiger partial charge in [-0.05, 0) is 0 Å². The van der Waals surface area contributed by atoms with Crippen molar-refractivity contribution in [2.75, 3.05) is 12.4 Å². The van der Waals surface area contributed by atoms with Gasteiger partial charge in [0.1, 0.15) is 0 Å². The lowest BCUT2D eigenvalue weighted by molar-refractivity contribution is 0.617. The first-order valence-electron chi connectivity index (χ1n) is 2.35. The second kappa shape index (κ2) is 4.09. The third-order valence-electron chi connectivity index (χ3n) is 0.934. The predicted octanol–water partition coefficient (Wildman–Crippen LogP) is 2.17. The highest BCUT2D eigenvalue weighted by Gasteiger charge is 2.30. The minimum absolute atomic E-state index is 0.260. The van der Waals surface area contributed by atoms with E-state index < -0.39 is 3.79 Å². The van der Waals surface area contributed by atoms with E-state index in [9.17, 15) is 0 Å². The summed E-state index contributed by atoms with van der Waals surface area (Å²) in [6.07, 6.45) is 0. The first-order valence-corrected chi connectivity index (χ1v) is 4.02. The SMILES string of the molecule is NCC(CCl)C(Cl)(Cl)Cl. The van der Waals surface area contributed by atoms with E-state index in [1.807, 2.05) is 0 Å². The minimum Gasteiger partial charge on any atom is -0.330 e. The van der Waals surface area contributed by atoms with Crippen LogP contribution in [0.3, 0.4) is 0 Å². The average molecular weight is 211 g/mol. The molecule has 0 amide bonds. The highest BCUT2D eigenvalue weighted by atomic mass is 35.6. The predicted molar refractivity (Wildman–Crippen MR) is 43.6 cm³/mol. The van der Waals surface area contributed by atoms with E-state index in [0.717, 1.165) is 0 Å². The maximum atomic E-state index is 5.47. The van der Waals surface area contributed by atoms with E-state index in [2.05, 4.69) is 0 Å². The molecule has 0 saturated carbocycles. The summed E-state index contributed by atoms with van der Waals surface area (Å²) >= 11 is 21.8. The van der Waals surface area contributed by atoms with Crippen LogP contribution in [0, 0.1) is 5.92 Å². The number of hydrogen-bond donors (Lipinski definition) is 1. The molecule has 0 radical (unpaired) electrons. The summed E-state index contributed by atoms with van der Waals surface area (Å²) in [4.78, 5) is 0. The van der Waals surface area contributed by atoms with Gasteiger partial charge in [-0.3, -0.25) is 0 Å². The molecular weight excluding hydrogens is 204 g/mol. The first kappa shape index (κ1) is 10.1. The average Bonchev–Trinajstić information content (AvgIpc) is 1.65. The molecule has 0 aliphatic rings. The lowest BCUT2D eigenvalue weighted by atomic mass is 10.2. The first-order chi connectivity index (χ1) is 4.02. The third kappa shape index (κ3) is 3.74. The second-order valence-electron chi connectivity index (χ2n) is 1.63. The highest BCUT2D eigenvalue weighted by Crippen LogP contribution is 2.34. The Hall–Kier alpha value is 1.12. The monoisotopic (exact) mass is 209 g/mol. The molecule has 1 unspecified atom stereocenters. The van der Waals surface area contributed by atoms with Crippen molar-refractivity contribution in [2.45, 2.75) is 3.79 Å². The Morgan fingerprint density at radius 1 is 1.33 bits per heavy atom.